The third-order valence-electron chi connectivity index (χ3n) is 3.64. The molecule has 1 N–H and O–H groups in total. The average molecular weight is 207 g/mol. The molecule has 0 saturated carbocycles. The van der Waals surface area contributed by atoms with E-state index in [-0.39, 0.29) is 0 Å². The Morgan fingerprint density at radius 3 is 2.73 bits per heavy atom. The minimum Gasteiger partial charge on any atom is -0.316 e. The molecule has 82 valence electrons. The Labute approximate surface area is 89.5 Å². The SMILES string of the molecule is Cn1ncnc1CN1C[C@H]2CNC[C@H]2C1. The fourth-order valence-corrected chi connectivity index (χ4v) is 2.74. The smallest absolute Gasteiger partial charge is 0.140 e. The van der Waals surface area contributed by atoms with E-state index in [2.05, 4.69) is 20.3 Å². The van der Waals surface area contributed by atoms with Crippen molar-refractivity contribution in [2.45, 2.75) is 6.54 Å². The Kier molecular flexibility index (Phi) is 2.21. The largest absolute Gasteiger partial charge is 0.316 e. The zero-order valence-electron chi connectivity index (χ0n) is 9.06. The van der Waals surface area contributed by atoms with E-state index in [9.17, 15) is 0 Å². The van der Waals surface area contributed by atoms with E-state index >= 15 is 0 Å². The number of likely N-dealkylation sites (tertiary alicyclic amines) is 1. The van der Waals surface area contributed by atoms with E-state index in [1.807, 2.05) is 11.7 Å². The molecule has 2 aliphatic heterocycles. The number of hydrogen-bond acceptors (Lipinski definition) is 4. The van der Waals surface area contributed by atoms with Gasteiger partial charge in [-0.2, -0.15) is 5.10 Å². The number of aryl methyl sites for hydroxylation is 1. The molecule has 3 heterocycles. The van der Waals surface area contributed by atoms with Gasteiger partial charge in [0, 0.05) is 20.1 Å². The van der Waals surface area contributed by atoms with Crippen molar-refractivity contribution in [3.05, 3.63) is 12.2 Å². The molecule has 1 aromatic heterocycles. The number of fused-ring (bicyclic) bond motifs is 1. The molecule has 2 saturated heterocycles. The van der Waals surface area contributed by atoms with Gasteiger partial charge in [-0.1, -0.05) is 0 Å². The van der Waals surface area contributed by atoms with Crippen molar-refractivity contribution in [1.29, 1.82) is 0 Å². The van der Waals surface area contributed by atoms with E-state index < -0.39 is 0 Å². The highest BCUT2D eigenvalue weighted by Crippen LogP contribution is 2.26. The Hall–Kier alpha value is -0.940. The van der Waals surface area contributed by atoms with Crippen LogP contribution in [0.4, 0.5) is 0 Å². The zero-order valence-corrected chi connectivity index (χ0v) is 9.06. The van der Waals surface area contributed by atoms with Crippen LogP contribution in [-0.2, 0) is 13.6 Å². The van der Waals surface area contributed by atoms with Gasteiger partial charge in [-0.15, -0.1) is 0 Å². The fourth-order valence-electron chi connectivity index (χ4n) is 2.74. The Morgan fingerprint density at radius 1 is 1.40 bits per heavy atom. The van der Waals surface area contributed by atoms with E-state index in [4.69, 9.17) is 0 Å². The van der Waals surface area contributed by atoms with Crippen molar-refractivity contribution in [2.75, 3.05) is 26.2 Å². The second kappa shape index (κ2) is 3.57. The zero-order chi connectivity index (χ0) is 10.3. The summed E-state index contributed by atoms with van der Waals surface area (Å²) in [6.45, 7) is 5.76. The van der Waals surface area contributed by atoms with Gasteiger partial charge < -0.3 is 5.32 Å². The topological polar surface area (TPSA) is 46.0 Å². The lowest BCUT2D eigenvalue weighted by molar-refractivity contribution is 0.293. The lowest BCUT2D eigenvalue weighted by Crippen LogP contribution is -2.26. The predicted molar refractivity (Wildman–Crippen MR) is 56.1 cm³/mol. The molecule has 15 heavy (non-hydrogen) atoms. The number of nitrogens with one attached hydrogen (secondary N) is 1. The number of hydrogen-bond donors (Lipinski definition) is 1. The van der Waals surface area contributed by atoms with Crippen LogP contribution in [0.25, 0.3) is 0 Å². The molecule has 0 unspecified atom stereocenters. The van der Waals surface area contributed by atoms with Crippen LogP contribution in [0.1, 0.15) is 5.82 Å². The molecule has 0 amide bonds. The van der Waals surface area contributed by atoms with Crippen LogP contribution in [0.15, 0.2) is 6.33 Å². The Morgan fingerprint density at radius 2 is 2.13 bits per heavy atom. The lowest BCUT2D eigenvalue weighted by Gasteiger charge is -2.15. The molecule has 5 heteroatoms. The van der Waals surface area contributed by atoms with Crippen LogP contribution in [0.3, 0.4) is 0 Å². The van der Waals surface area contributed by atoms with Gasteiger partial charge in [0.25, 0.3) is 0 Å². The maximum absolute atomic E-state index is 4.27. The summed E-state index contributed by atoms with van der Waals surface area (Å²) in [5.74, 6) is 2.79. The monoisotopic (exact) mass is 207 g/mol. The first kappa shape index (κ1) is 9.30. The molecule has 0 spiro atoms. The minimum absolute atomic E-state index is 0.859. The summed E-state index contributed by atoms with van der Waals surface area (Å²) in [6.07, 6.45) is 1.63. The van der Waals surface area contributed by atoms with Crippen molar-refractivity contribution >= 4 is 0 Å². The van der Waals surface area contributed by atoms with Gasteiger partial charge in [0.1, 0.15) is 12.2 Å². The van der Waals surface area contributed by atoms with Crippen molar-refractivity contribution in [3.8, 4) is 0 Å². The maximum Gasteiger partial charge on any atom is 0.140 e. The van der Waals surface area contributed by atoms with E-state index in [0.29, 0.717) is 0 Å². The third kappa shape index (κ3) is 1.66. The first-order chi connectivity index (χ1) is 7.33. The van der Waals surface area contributed by atoms with Crippen molar-refractivity contribution < 1.29 is 0 Å². The van der Waals surface area contributed by atoms with Gasteiger partial charge >= 0.3 is 0 Å². The summed E-state index contributed by atoms with van der Waals surface area (Å²) >= 11 is 0. The molecule has 3 rings (SSSR count). The van der Waals surface area contributed by atoms with E-state index in [1.54, 1.807) is 6.33 Å². The molecule has 2 atom stereocenters. The highest BCUT2D eigenvalue weighted by molar-refractivity contribution is 4.93. The molecule has 0 aliphatic carbocycles. The molecule has 1 aromatic rings. The molecule has 2 aliphatic rings. The van der Waals surface area contributed by atoms with E-state index in [1.165, 1.54) is 26.2 Å². The first-order valence-electron chi connectivity index (χ1n) is 5.59. The second-order valence-electron chi connectivity index (χ2n) is 4.67. The van der Waals surface area contributed by atoms with E-state index in [0.717, 1.165) is 24.2 Å². The molecule has 5 nitrogen and oxygen atoms in total. The third-order valence-corrected chi connectivity index (χ3v) is 3.64. The quantitative estimate of drug-likeness (QED) is 0.708. The predicted octanol–water partition coefficient (Wildman–Crippen LogP) is -0.534. The minimum atomic E-state index is 0.859. The Balaban J connectivity index is 1.64. The summed E-state index contributed by atoms with van der Waals surface area (Å²) in [4.78, 5) is 6.77. The van der Waals surface area contributed by atoms with Gasteiger partial charge in [0.05, 0.1) is 6.54 Å². The van der Waals surface area contributed by atoms with Gasteiger partial charge in [-0.25, -0.2) is 4.98 Å². The van der Waals surface area contributed by atoms with Gasteiger partial charge in [0.2, 0.25) is 0 Å². The summed E-state index contributed by atoms with van der Waals surface area (Å²) < 4.78 is 1.87. The maximum atomic E-state index is 4.27. The van der Waals surface area contributed by atoms with Crippen molar-refractivity contribution in [2.24, 2.45) is 18.9 Å². The van der Waals surface area contributed by atoms with Crippen LogP contribution < -0.4 is 5.32 Å². The molecular weight excluding hydrogens is 190 g/mol. The number of nitrogens with zero attached hydrogens (tertiary/aromatic N) is 4. The van der Waals surface area contributed by atoms with Crippen LogP contribution in [0.2, 0.25) is 0 Å². The first-order valence-corrected chi connectivity index (χ1v) is 5.59. The van der Waals surface area contributed by atoms with Gasteiger partial charge in [-0.3, -0.25) is 9.58 Å². The highest BCUT2D eigenvalue weighted by atomic mass is 15.3. The average Bonchev–Trinajstić information content (AvgIpc) is 2.83. The second-order valence-corrected chi connectivity index (χ2v) is 4.67. The van der Waals surface area contributed by atoms with Crippen LogP contribution >= 0.6 is 0 Å². The molecule has 2 fully saturated rings. The fraction of sp³-hybridized carbons (Fsp3) is 0.800. The molecule has 0 radical (unpaired) electrons. The van der Waals surface area contributed by atoms with Crippen molar-refractivity contribution in [3.63, 3.8) is 0 Å². The normalized spacial score (nSPS) is 31.0. The van der Waals surface area contributed by atoms with Crippen LogP contribution in [0, 0.1) is 11.8 Å². The molecule has 0 aromatic carbocycles. The number of rotatable bonds is 2. The molecule has 0 bridgehead atoms. The van der Waals surface area contributed by atoms with Crippen LogP contribution in [-0.4, -0.2) is 45.8 Å². The summed E-state index contributed by atoms with van der Waals surface area (Å²) in [5.41, 5.74) is 0. The van der Waals surface area contributed by atoms with Crippen molar-refractivity contribution in [1.82, 2.24) is 25.0 Å². The van der Waals surface area contributed by atoms with Gasteiger partial charge in [-0.05, 0) is 24.9 Å². The standard InChI is InChI=1S/C10H17N5/c1-14-10(12-7-13-14)6-15-4-8-2-11-3-9(8)5-15/h7-9,11H,2-6H2,1H3/t8-,9+. The summed E-state index contributed by atoms with van der Waals surface area (Å²) in [6, 6.07) is 0. The van der Waals surface area contributed by atoms with Crippen LogP contribution in [0.5, 0.6) is 0 Å². The Bertz CT molecular complexity index is 335. The van der Waals surface area contributed by atoms with Gasteiger partial charge in [0.15, 0.2) is 0 Å². The highest BCUT2D eigenvalue weighted by Gasteiger charge is 2.36. The number of aromatic nitrogens is 3. The summed E-state index contributed by atoms with van der Waals surface area (Å²) in [7, 11) is 1.96. The summed E-state index contributed by atoms with van der Waals surface area (Å²) in [5, 5.41) is 7.55. The lowest BCUT2D eigenvalue weighted by atomic mass is 10.0. The molecular formula is C10H17N5.